The van der Waals surface area contributed by atoms with Crippen LogP contribution in [0.5, 0.6) is 5.75 Å². The summed E-state index contributed by atoms with van der Waals surface area (Å²) in [5, 5.41) is 39.8. The molecule has 0 amide bonds. The minimum Gasteiger partial charge on any atom is -0.508 e. The Hall–Kier alpha value is -2.30. The van der Waals surface area contributed by atoms with Gasteiger partial charge in [0.2, 0.25) is 0 Å². The SMILES string of the molecule is O=[N+]([O-])[O-].O=[N+]([O-])[O-].Oc1ccc(Cl)cc1Cc1ccccc1.[Mg+2]. The van der Waals surface area contributed by atoms with E-state index < -0.39 is 10.2 Å². The number of benzene rings is 2. The smallest absolute Gasteiger partial charge is 0.508 e. The van der Waals surface area contributed by atoms with Crippen molar-refractivity contribution in [2.75, 3.05) is 0 Å². The van der Waals surface area contributed by atoms with E-state index in [0.29, 0.717) is 17.2 Å². The topological polar surface area (TPSA) is 153 Å². The molecule has 0 saturated heterocycles. The summed E-state index contributed by atoms with van der Waals surface area (Å²) in [5.74, 6) is 0.295. The zero-order valence-electron chi connectivity index (χ0n) is 12.2. The molecule has 0 aliphatic carbocycles. The van der Waals surface area contributed by atoms with Crippen molar-refractivity contribution in [2.24, 2.45) is 0 Å². The number of hydrogen-bond acceptors (Lipinski definition) is 7. The van der Waals surface area contributed by atoms with Crippen molar-refractivity contribution < 1.29 is 15.3 Å². The van der Waals surface area contributed by atoms with Crippen LogP contribution in [0.4, 0.5) is 0 Å². The van der Waals surface area contributed by atoms with E-state index in [2.05, 4.69) is 0 Å². The van der Waals surface area contributed by atoms with Crippen LogP contribution < -0.4 is 0 Å². The van der Waals surface area contributed by atoms with E-state index in [1.807, 2.05) is 30.3 Å². The third-order valence-electron chi connectivity index (χ3n) is 2.28. The zero-order valence-corrected chi connectivity index (χ0v) is 14.4. The summed E-state index contributed by atoms with van der Waals surface area (Å²) in [6.45, 7) is 0. The second-order valence-corrected chi connectivity index (χ2v) is 4.32. The molecule has 0 aliphatic heterocycles. The summed E-state index contributed by atoms with van der Waals surface area (Å²) in [6.07, 6.45) is 0.702. The first-order valence-corrected chi connectivity index (χ1v) is 6.24. The van der Waals surface area contributed by atoms with Crippen LogP contribution in [0, 0.1) is 30.6 Å². The Morgan fingerprint density at radius 2 is 1.38 bits per heavy atom. The Morgan fingerprint density at radius 1 is 0.917 bits per heavy atom. The maximum atomic E-state index is 9.64. The van der Waals surface area contributed by atoms with E-state index in [1.54, 1.807) is 18.2 Å². The summed E-state index contributed by atoms with van der Waals surface area (Å²) in [7, 11) is 0. The van der Waals surface area contributed by atoms with Crippen LogP contribution in [0.25, 0.3) is 0 Å². The zero-order chi connectivity index (χ0) is 17.8. The van der Waals surface area contributed by atoms with E-state index in [4.69, 9.17) is 42.2 Å². The second-order valence-electron chi connectivity index (χ2n) is 3.88. The monoisotopic (exact) mass is 366 g/mol. The average molecular weight is 367 g/mol. The van der Waals surface area contributed by atoms with Gasteiger partial charge in [-0.15, -0.1) is 0 Å². The first-order valence-electron chi connectivity index (χ1n) is 5.86. The van der Waals surface area contributed by atoms with E-state index in [0.717, 1.165) is 11.1 Å². The number of phenolic OH excluding ortho intramolecular Hbond substituents is 1. The molecule has 0 aliphatic rings. The Bertz CT molecular complexity index is 623. The molecule has 24 heavy (non-hydrogen) atoms. The normalized spacial score (nSPS) is 8.38. The van der Waals surface area contributed by atoms with Gasteiger partial charge in [0, 0.05) is 11.4 Å². The molecule has 0 fully saturated rings. The Balaban J connectivity index is 0. The van der Waals surface area contributed by atoms with Gasteiger partial charge in [0.25, 0.3) is 0 Å². The molecule has 0 spiro atoms. The first kappa shape index (κ1) is 24.0. The van der Waals surface area contributed by atoms with E-state index >= 15 is 0 Å². The molecular weight excluding hydrogens is 356 g/mol. The Morgan fingerprint density at radius 3 is 1.83 bits per heavy atom. The minimum atomic E-state index is -1.75. The molecule has 0 radical (unpaired) electrons. The molecule has 2 aromatic rings. The summed E-state index contributed by atoms with van der Waals surface area (Å²) < 4.78 is 0. The van der Waals surface area contributed by atoms with Gasteiger partial charge in [0.1, 0.15) is 5.75 Å². The molecule has 0 saturated carbocycles. The molecule has 0 bridgehead atoms. The van der Waals surface area contributed by atoms with Gasteiger partial charge in [-0.2, -0.15) is 0 Å². The van der Waals surface area contributed by atoms with E-state index in [1.165, 1.54) is 0 Å². The van der Waals surface area contributed by atoms with Crippen LogP contribution in [0.2, 0.25) is 5.02 Å². The number of rotatable bonds is 2. The van der Waals surface area contributed by atoms with Crippen LogP contribution in [0.3, 0.4) is 0 Å². The quantitative estimate of drug-likeness (QED) is 0.486. The molecule has 124 valence electrons. The Kier molecular flexibility index (Phi) is 13.1. The fourth-order valence-electron chi connectivity index (χ4n) is 1.51. The molecule has 0 aromatic heterocycles. The Labute approximate surface area is 157 Å². The van der Waals surface area contributed by atoms with Crippen molar-refractivity contribution in [3.63, 3.8) is 0 Å². The molecule has 2 rings (SSSR count). The summed E-state index contributed by atoms with van der Waals surface area (Å²) in [5.41, 5.74) is 2.02. The molecule has 0 heterocycles. The summed E-state index contributed by atoms with van der Waals surface area (Å²) >= 11 is 5.87. The fourth-order valence-corrected chi connectivity index (χ4v) is 1.71. The van der Waals surface area contributed by atoms with E-state index in [9.17, 15) is 5.11 Å². The number of hydrogen-bond donors (Lipinski definition) is 1. The number of aromatic hydroxyl groups is 1. The van der Waals surface area contributed by atoms with Crippen molar-refractivity contribution in [1.29, 1.82) is 0 Å². The van der Waals surface area contributed by atoms with Gasteiger partial charge in [-0.1, -0.05) is 41.9 Å². The van der Waals surface area contributed by atoms with Gasteiger partial charge >= 0.3 is 23.1 Å². The number of phenols is 1. The average Bonchev–Trinajstić information content (AvgIpc) is 2.43. The first-order chi connectivity index (χ1) is 10.7. The van der Waals surface area contributed by atoms with Crippen LogP contribution >= 0.6 is 11.6 Å². The van der Waals surface area contributed by atoms with E-state index in [-0.39, 0.29) is 23.1 Å². The number of halogens is 1. The second kappa shape index (κ2) is 13.2. The van der Waals surface area contributed by atoms with Gasteiger partial charge in [-0.25, -0.2) is 0 Å². The predicted octanol–water partition coefficient (Wildman–Crippen LogP) is 2.78. The maximum absolute atomic E-state index is 9.64. The summed E-state index contributed by atoms with van der Waals surface area (Å²) in [4.78, 5) is 16.5. The van der Waals surface area contributed by atoms with Crippen molar-refractivity contribution in [2.45, 2.75) is 6.42 Å². The van der Waals surface area contributed by atoms with Gasteiger partial charge in [0.15, 0.2) is 0 Å². The van der Waals surface area contributed by atoms with Crippen molar-refractivity contribution in [1.82, 2.24) is 0 Å². The van der Waals surface area contributed by atoms with Gasteiger partial charge in [0.05, 0.1) is 10.2 Å². The van der Waals surface area contributed by atoms with Crippen LogP contribution in [-0.4, -0.2) is 38.3 Å². The standard InChI is InChI=1S/C13H11ClO.Mg.2NO3/c14-12-6-7-13(15)11(9-12)8-10-4-2-1-3-5-10;;2*2-1(3)4/h1-7,9,15H,8H2;;;/q;+2;2*-1. The maximum Gasteiger partial charge on any atom is 2.00 e. The molecule has 0 unspecified atom stereocenters. The van der Waals surface area contributed by atoms with Crippen molar-refractivity contribution in [3.8, 4) is 5.75 Å². The third kappa shape index (κ3) is 13.4. The predicted molar refractivity (Wildman–Crippen MR) is 88.8 cm³/mol. The van der Waals surface area contributed by atoms with Crippen LogP contribution in [0.1, 0.15) is 11.1 Å². The summed E-state index contributed by atoms with van der Waals surface area (Å²) in [6, 6.07) is 15.1. The van der Waals surface area contributed by atoms with Crippen LogP contribution in [0.15, 0.2) is 48.5 Å². The molecular formula is C13H11ClMgN2O7. The molecule has 0 atom stereocenters. The van der Waals surface area contributed by atoms with Gasteiger partial charge in [-0.3, -0.25) is 0 Å². The third-order valence-corrected chi connectivity index (χ3v) is 2.51. The molecule has 2 aromatic carbocycles. The largest absolute Gasteiger partial charge is 2.00 e. The van der Waals surface area contributed by atoms with Gasteiger partial charge in [-0.05, 0) is 29.3 Å². The molecule has 11 heteroatoms. The van der Waals surface area contributed by atoms with Gasteiger partial charge < -0.3 is 35.7 Å². The fraction of sp³-hybridized carbons (Fsp3) is 0.0769. The minimum absolute atomic E-state index is 0. The van der Waals surface area contributed by atoms with Crippen LogP contribution in [-0.2, 0) is 6.42 Å². The number of nitrogens with zero attached hydrogens (tertiary/aromatic N) is 2. The van der Waals surface area contributed by atoms with Crippen molar-refractivity contribution >= 4 is 34.7 Å². The molecule has 1 N–H and O–H groups in total. The molecule has 9 nitrogen and oxygen atoms in total. The van der Waals surface area contributed by atoms with Crippen molar-refractivity contribution in [3.05, 3.63) is 95.3 Å².